The zero-order valence-corrected chi connectivity index (χ0v) is 12.3. The van der Waals surface area contributed by atoms with Crippen molar-refractivity contribution in [2.45, 2.75) is 57.7 Å². The fourth-order valence-corrected chi connectivity index (χ4v) is 2.73. The van der Waals surface area contributed by atoms with Gasteiger partial charge in [0.05, 0.1) is 6.10 Å². The first kappa shape index (κ1) is 15.7. The molecule has 1 heterocycles. The number of piperidine rings is 1. The van der Waals surface area contributed by atoms with Gasteiger partial charge in [0.15, 0.2) is 0 Å². The lowest BCUT2D eigenvalue weighted by Gasteiger charge is -2.39. The number of rotatable bonds is 7. The Balaban J connectivity index is 2.27. The summed E-state index contributed by atoms with van der Waals surface area (Å²) in [5.74, 6) is 0. The first-order chi connectivity index (χ1) is 8.54. The van der Waals surface area contributed by atoms with Crippen LogP contribution in [0.5, 0.6) is 0 Å². The zero-order valence-electron chi connectivity index (χ0n) is 12.3. The fraction of sp³-hybridized carbons (Fsp3) is 0.867. The Morgan fingerprint density at radius 1 is 1.39 bits per heavy atom. The molecule has 1 aliphatic heterocycles. The maximum absolute atomic E-state index is 9.92. The molecule has 3 heteroatoms. The van der Waals surface area contributed by atoms with Crippen molar-refractivity contribution in [1.29, 1.82) is 0 Å². The van der Waals surface area contributed by atoms with Crippen molar-refractivity contribution in [3.8, 4) is 0 Å². The monoisotopic (exact) mass is 254 g/mol. The average Bonchev–Trinajstić information content (AvgIpc) is 2.36. The topological polar surface area (TPSA) is 26.7 Å². The van der Waals surface area contributed by atoms with E-state index in [9.17, 15) is 5.11 Å². The van der Waals surface area contributed by atoms with Gasteiger partial charge in [-0.3, -0.25) is 0 Å². The van der Waals surface area contributed by atoms with Crippen LogP contribution in [0, 0.1) is 0 Å². The second kappa shape index (κ2) is 7.93. The molecule has 106 valence electrons. The number of hydrogen-bond donors (Lipinski definition) is 1. The zero-order chi connectivity index (χ0) is 13.5. The lowest BCUT2D eigenvalue weighted by Crippen LogP contribution is -2.47. The van der Waals surface area contributed by atoms with E-state index in [4.69, 9.17) is 0 Å². The van der Waals surface area contributed by atoms with Gasteiger partial charge in [0, 0.05) is 18.6 Å². The standard InChI is InChI=1S/C15H30N2O/c1-5-6-7-15(18)12-16(4)14-8-10-17(11-9-14)13(2)3/h5,13-15,18H,1,6-12H2,2-4H3/t15-/m0/s1. The van der Waals surface area contributed by atoms with E-state index >= 15 is 0 Å². The fourth-order valence-electron chi connectivity index (χ4n) is 2.73. The van der Waals surface area contributed by atoms with Crippen LogP contribution in [0.4, 0.5) is 0 Å². The minimum atomic E-state index is -0.212. The van der Waals surface area contributed by atoms with E-state index in [-0.39, 0.29) is 6.10 Å². The number of allylic oxidation sites excluding steroid dienone is 1. The Labute approximate surface area is 112 Å². The van der Waals surface area contributed by atoms with Crippen molar-refractivity contribution in [3.63, 3.8) is 0 Å². The first-order valence-electron chi connectivity index (χ1n) is 7.27. The Kier molecular flexibility index (Phi) is 6.90. The largest absolute Gasteiger partial charge is 0.392 e. The third-order valence-corrected chi connectivity index (χ3v) is 4.06. The van der Waals surface area contributed by atoms with Gasteiger partial charge in [-0.1, -0.05) is 6.08 Å². The SMILES string of the molecule is C=CCC[C@H](O)CN(C)C1CCN(C(C)C)CC1. The van der Waals surface area contributed by atoms with Crippen LogP contribution in [-0.2, 0) is 0 Å². The molecule has 0 amide bonds. The number of aliphatic hydroxyl groups is 1. The van der Waals surface area contributed by atoms with Crippen LogP contribution in [0.3, 0.4) is 0 Å². The van der Waals surface area contributed by atoms with Gasteiger partial charge in [-0.15, -0.1) is 6.58 Å². The average molecular weight is 254 g/mol. The Bertz CT molecular complexity index is 235. The van der Waals surface area contributed by atoms with E-state index in [2.05, 4.69) is 37.3 Å². The van der Waals surface area contributed by atoms with Crippen LogP contribution >= 0.6 is 0 Å². The molecule has 1 N–H and O–H groups in total. The molecule has 0 bridgehead atoms. The summed E-state index contributed by atoms with van der Waals surface area (Å²) in [7, 11) is 2.15. The van der Waals surface area contributed by atoms with Crippen molar-refractivity contribution in [3.05, 3.63) is 12.7 Å². The molecule has 0 spiro atoms. The minimum Gasteiger partial charge on any atom is -0.392 e. The lowest BCUT2D eigenvalue weighted by atomic mass is 10.0. The van der Waals surface area contributed by atoms with E-state index in [1.807, 2.05) is 6.08 Å². The van der Waals surface area contributed by atoms with Gasteiger partial charge in [0.1, 0.15) is 0 Å². The van der Waals surface area contributed by atoms with Crippen LogP contribution < -0.4 is 0 Å². The highest BCUT2D eigenvalue weighted by Crippen LogP contribution is 2.17. The Morgan fingerprint density at radius 2 is 2.00 bits per heavy atom. The summed E-state index contributed by atoms with van der Waals surface area (Å²) >= 11 is 0. The maximum atomic E-state index is 9.92. The second-order valence-corrected chi connectivity index (χ2v) is 5.82. The highest BCUT2D eigenvalue weighted by Gasteiger charge is 2.24. The third-order valence-electron chi connectivity index (χ3n) is 4.06. The quantitative estimate of drug-likeness (QED) is 0.705. The molecular formula is C15H30N2O. The van der Waals surface area contributed by atoms with Gasteiger partial charge in [0.25, 0.3) is 0 Å². The van der Waals surface area contributed by atoms with Gasteiger partial charge in [0.2, 0.25) is 0 Å². The summed E-state index contributed by atoms with van der Waals surface area (Å²) in [4.78, 5) is 4.88. The van der Waals surface area contributed by atoms with E-state index in [0.717, 1.165) is 19.4 Å². The van der Waals surface area contributed by atoms with Crippen LogP contribution in [-0.4, -0.2) is 59.8 Å². The van der Waals surface area contributed by atoms with Gasteiger partial charge in [-0.2, -0.15) is 0 Å². The summed E-state index contributed by atoms with van der Waals surface area (Å²) in [6.45, 7) is 11.4. The Hall–Kier alpha value is -0.380. The van der Waals surface area contributed by atoms with Gasteiger partial charge in [-0.25, -0.2) is 0 Å². The van der Waals surface area contributed by atoms with Crippen molar-refractivity contribution >= 4 is 0 Å². The molecule has 3 nitrogen and oxygen atoms in total. The van der Waals surface area contributed by atoms with Gasteiger partial charge < -0.3 is 14.9 Å². The second-order valence-electron chi connectivity index (χ2n) is 5.82. The van der Waals surface area contributed by atoms with E-state index < -0.39 is 0 Å². The molecule has 0 aliphatic carbocycles. The van der Waals surface area contributed by atoms with Crippen molar-refractivity contribution in [2.75, 3.05) is 26.7 Å². The van der Waals surface area contributed by atoms with Gasteiger partial charge >= 0.3 is 0 Å². The number of likely N-dealkylation sites (N-methyl/N-ethyl adjacent to an activating group) is 1. The predicted molar refractivity (Wildman–Crippen MR) is 77.8 cm³/mol. The molecule has 0 radical (unpaired) electrons. The molecule has 0 aromatic carbocycles. The molecule has 1 aliphatic rings. The number of likely N-dealkylation sites (tertiary alicyclic amines) is 1. The number of hydrogen-bond acceptors (Lipinski definition) is 3. The predicted octanol–water partition coefficient (Wildman–Crippen LogP) is 2.12. The minimum absolute atomic E-state index is 0.212. The normalized spacial score (nSPS) is 20.6. The summed E-state index contributed by atoms with van der Waals surface area (Å²) in [6.07, 6.45) is 5.85. The molecule has 0 aromatic rings. The highest BCUT2D eigenvalue weighted by molar-refractivity contribution is 4.81. The molecule has 1 fully saturated rings. The molecule has 1 saturated heterocycles. The van der Waals surface area contributed by atoms with Crippen molar-refractivity contribution in [2.24, 2.45) is 0 Å². The molecule has 1 atom stereocenters. The summed E-state index contributed by atoms with van der Waals surface area (Å²) in [5.41, 5.74) is 0. The van der Waals surface area contributed by atoms with Crippen molar-refractivity contribution in [1.82, 2.24) is 9.80 Å². The maximum Gasteiger partial charge on any atom is 0.0670 e. The Morgan fingerprint density at radius 3 is 2.50 bits per heavy atom. The van der Waals surface area contributed by atoms with Crippen molar-refractivity contribution < 1.29 is 5.11 Å². The third kappa shape index (κ3) is 5.09. The summed E-state index contributed by atoms with van der Waals surface area (Å²) in [5, 5.41) is 9.92. The van der Waals surface area contributed by atoms with Crippen LogP contribution in [0.15, 0.2) is 12.7 Å². The summed E-state index contributed by atoms with van der Waals surface area (Å²) in [6, 6.07) is 1.30. The summed E-state index contributed by atoms with van der Waals surface area (Å²) < 4.78 is 0. The van der Waals surface area contributed by atoms with Crippen LogP contribution in [0.2, 0.25) is 0 Å². The number of nitrogens with zero attached hydrogens (tertiary/aromatic N) is 2. The smallest absolute Gasteiger partial charge is 0.0670 e. The van der Waals surface area contributed by atoms with E-state index in [1.165, 1.54) is 25.9 Å². The van der Waals surface area contributed by atoms with Crippen LogP contribution in [0.1, 0.15) is 39.5 Å². The molecule has 0 saturated carbocycles. The molecule has 0 aromatic heterocycles. The molecule has 0 unspecified atom stereocenters. The lowest BCUT2D eigenvalue weighted by molar-refractivity contribution is 0.0632. The molecule has 18 heavy (non-hydrogen) atoms. The first-order valence-corrected chi connectivity index (χ1v) is 7.27. The molecule has 1 rings (SSSR count). The highest BCUT2D eigenvalue weighted by atomic mass is 16.3. The number of aliphatic hydroxyl groups excluding tert-OH is 1. The molecular weight excluding hydrogens is 224 g/mol. The van der Waals surface area contributed by atoms with E-state index in [0.29, 0.717) is 12.1 Å². The van der Waals surface area contributed by atoms with E-state index in [1.54, 1.807) is 0 Å². The van der Waals surface area contributed by atoms with Crippen LogP contribution in [0.25, 0.3) is 0 Å². The van der Waals surface area contributed by atoms with Gasteiger partial charge in [-0.05, 0) is 59.7 Å².